The van der Waals surface area contributed by atoms with Crippen molar-refractivity contribution < 1.29 is 9.18 Å². The van der Waals surface area contributed by atoms with Gasteiger partial charge in [0.1, 0.15) is 10.8 Å². The van der Waals surface area contributed by atoms with Crippen LogP contribution in [0.1, 0.15) is 18.5 Å². The number of nitrogens with zero attached hydrogens (tertiary/aromatic N) is 2. The minimum atomic E-state index is -0.269. The molecular weight excluding hydrogens is 337 g/mol. The predicted molar refractivity (Wildman–Crippen MR) is 96.9 cm³/mol. The molecule has 4 rings (SSSR count). The quantitative estimate of drug-likeness (QED) is 0.916. The molecule has 3 heterocycles. The van der Waals surface area contributed by atoms with Crippen LogP contribution in [-0.4, -0.2) is 42.0 Å². The van der Waals surface area contributed by atoms with E-state index in [0.717, 1.165) is 67.1 Å². The zero-order valence-electron chi connectivity index (χ0n) is 14.1. The van der Waals surface area contributed by atoms with Crippen molar-refractivity contribution in [1.29, 1.82) is 0 Å². The summed E-state index contributed by atoms with van der Waals surface area (Å²) >= 11 is 1.46. The molecule has 2 aromatic rings. The minimum Gasteiger partial charge on any atom is -0.342 e. The second kappa shape index (κ2) is 7.22. The highest BCUT2D eigenvalue weighted by atomic mass is 32.1. The zero-order valence-corrected chi connectivity index (χ0v) is 14.9. The molecule has 1 aromatic heterocycles. The van der Waals surface area contributed by atoms with E-state index in [2.05, 4.69) is 10.3 Å². The number of aromatic nitrogens is 1. The molecule has 4 nitrogen and oxygen atoms in total. The molecule has 1 amide bonds. The summed E-state index contributed by atoms with van der Waals surface area (Å²) in [5.41, 5.74) is 1.54. The van der Waals surface area contributed by atoms with Gasteiger partial charge in [0.2, 0.25) is 5.91 Å². The first kappa shape index (κ1) is 16.7. The molecule has 2 aliphatic rings. The Kier molecular flexibility index (Phi) is 4.81. The second-order valence-corrected chi connectivity index (χ2v) is 7.83. The molecule has 0 saturated carbocycles. The number of carbonyl (C=O) groups excluding carboxylic acids is 1. The normalized spacial score (nSPS) is 23.3. The molecule has 1 N–H and O–H groups in total. The van der Waals surface area contributed by atoms with Gasteiger partial charge in [-0.15, -0.1) is 11.3 Å². The van der Waals surface area contributed by atoms with Crippen LogP contribution in [0.2, 0.25) is 0 Å². The number of carbonyl (C=O) groups is 1. The Balaban J connectivity index is 1.39. The Hall–Kier alpha value is -1.79. The van der Waals surface area contributed by atoms with Crippen molar-refractivity contribution in [2.45, 2.75) is 19.3 Å². The number of nitrogens with one attached hydrogen (secondary N) is 1. The number of amides is 1. The van der Waals surface area contributed by atoms with Crippen molar-refractivity contribution in [2.24, 2.45) is 11.8 Å². The smallest absolute Gasteiger partial charge is 0.228 e. The number of hydrogen-bond acceptors (Lipinski definition) is 4. The summed E-state index contributed by atoms with van der Waals surface area (Å²) < 4.78 is 13.4. The fraction of sp³-hybridized carbons (Fsp3) is 0.474. The molecule has 2 saturated heterocycles. The zero-order chi connectivity index (χ0) is 17.2. The van der Waals surface area contributed by atoms with Crippen molar-refractivity contribution in [1.82, 2.24) is 15.2 Å². The first-order valence-electron chi connectivity index (χ1n) is 8.88. The standard InChI is InChI=1S/C19H22FN3OS/c20-16-3-1-2-13(8-16)19-22-17(12-25-19)9-18(24)23-6-4-14-10-21-11-15(14)5-7-23/h1-3,8,12,14-15,21H,4-7,9-11H2/t14-,15+. The molecule has 0 aliphatic carbocycles. The molecule has 6 heteroatoms. The van der Waals surface area contributed by atoms with Crippen LogP contribution < -0.4 is 5.32 Å². The van der Waals surface area contributed by atoms with Crippen molar-refractivity contribution >= 4 is 17.2 Å². The van der Waals surface area contributed by atoms with E-state index in [0.29, 0.717) is 6.42 Å². The number of rotatable bonds is 3. The SMILES string of the molecule is O=C(Cc1csc(-c2cccc(F)c2)n1)N1CC[C@@H]2CNC[C@@H]2CC1. The van der Waals surface area contributed by atoms with E-state index in [9.17, 15) is 9.18 Å². The van der Waals surface area contributed by atoms with Gasteiger partial charge in [-0.05, 0) is 49.9 Å². The Morgan fingerprint density at radius 1 is 1.28 bits per heavy atom. The van der Waals surface area contributed by atoms with Gasteiger partial charge in [-0.1, -0.05) is 12.1 Å². The summed E-state index contributed by atoms with van der Waals surface area (Å²) in [5, 5.41) is 6.13. The largest absolute Gasteiger partial charge is 0.342 e. The number of benzene rings is 1. The fourth-order valence-electron chi connectivity index (χ4n) is 3.88. The summed E-state index contributed by atoms with van der Waals surface area (Å²) in [6.07, 6.45) is 2.52. The molecule has 2 atom stereocenters. The average molecular weight is 359 g/mol. The molecule has 0 unspecified atom stereocenters. The van der Waals surface area contributed by atoms with Crippen molar-refractivity contribution in [3.63, 3.8) is 0 Å². The topological polar surface area (TPSA) is 45.2 Å². The molecule has 2 fully saturated rings. The maximum atomic E-state index is 13.4. The lowest BCUT2D eigenvalue weighted by Gasteiger charge is -2.20. The Labute approximate surface area is 151 Å². The Bertz CT molecular complexity index is 749. The maximum absolute atomic E-state index is 13.4. The van der Waals surface area contributed by atoms with Crippen molar-refractivity contribution in [3.8, 4) is 10.6 Å². The van der Waals surface area contributed by atoms with Crippen molar-refractivity contribution in [3.05, 3.63) is 41.2 Å². The lowest BCUT2D eigenvalue weighted by molar-refractivity contribution is -0.130. The van der Waals surface area contributed by atoms with E-state index in [-0.39, 0.29) is 11.7 Å². The van der Waals surface area contributed by atoms with Gasteiger partial charge in [0, 0.05) is 24.0 Å². The lowest BCUT2D eigenvalue weighted by Crippen LogP contribution is -2.34. The maximum Gasteiger partial charge on any atom is 0.228 e. The van der Waals surface area contributed by atoms with Gasteiger partial charge in [-0.3, -0.25) is 4.79 Å². The van der Waals surface area contributed by atoms with Crippen LogP contribution in [0.25, 0.3) is 10.6 Å². The molecule has 0 bridgehead atoms. The molecule has 1 aromatic carbocycles. The number of hydrogen-bond donors (Lipinski definition) is 1. The van der Waals surface area contributed by atoms with Gasteiger partial charge >= 0.3 is 0 Å². The molecule has 132 valence electrons. The molecule has 0 radical (unpaired) electrons. The summed E-state index contributed by atoms with van der Waals surface area (Å²) in [7, 11) is 0. The lowest BCUT2D eigenvalue weighted by atomic mass is 9.92. The highest BCUT2D eigenvalue weighted by molar-refractivity contribution is 7.13. The second-order valence-electron chi connectivity index (χ2n) is 6.97. The van der Waals surface area contributed by atoms with E-state index >= 15 is 0 Å². The summed E-state index contributed by atoms with van der Waals surface area (Å²) in [6, 6.07) is 6.42. The van der Waals surface area contributed by atoms with Gasteiger partial charge in [0.15, 0.2) is 0 Å². The van der Waals surface area contributed by atoms with Crippen LogP contribution in [0.3, 0.4) is 0 Å². The fourth-order valence-corrected chi connectivity index (χ4v) is 4.69. The van der Waals surface area contributed by atoms with E-state index in [1.807, 2.05) is 16.3 Å². The Morgan fingerprint density at radius 3 is 2.76 bits per heavy atom. The minimum absolute atomic E-state index is 0.157. The number of halogens is 1. The van der Waals surface area contributed by atoms with Crippen LogP contribution in [0.4, 0.5) is 4.39 Å². The van der Waals surface area contributed by atoms with Gasteiger partial charge in [-0.25, -0.2) is 9.37 Å². The van der Waals surface area contributed by atoms with Crippen LogP contribution in [0.5, 0.6) is 0 Å². The van der Waals surface area contributed by atoms with Gasteiger partial charge in [0.05, 0.1) is 12.1 Å². The molecule has 25 heavy (non-hydrogen) atoms. The van der Waals surface area contributed by atoms with Crippen LogP contribution >= 0.6 is 11.3 Å². The van der Waals surface area contributed by atoms with Crippen molar-refractivity contribution in [2.75, 3.05) is 26.2 Å². The monoisotopic (exact) mass is 359 g/mol. The Morgan fingerprint density at radius 2 is 2.04 bits per heavy atom. The third-order valence-electron chi connectivity index (χ3n) is 5.33. The van der Waals surface area contributed by atoms with Gasteiger partial charge in [-0.2, -0.15) is 0 Å². The van der Waals surface area contributed by atoms with Crippen LogP contribution in [0.15, 0.2) is 29.6 Å². The highest BCUT2D eigenvalue weighted by Crippen LogP contribution is 2.28. The van der Waals surface area contributed by atoms with E-state index in [1.165, 1.54) is 23.5 Å². The first-order valence-corrected chi connectivity index (χ1v) is 9.76. The average Bonchev–Trinajstić information content (AvgIpc) is 3.20. The number of thiazole rings is 1. The number of fused-ring (bicyclic) bond motifs is 1. The summed E-state index contributed by atoms with van der Waals surface area (Å²) in [6.45, 7) is 3.89. The molecule has 0 spiro atoms. The predicted octanol–water partition coefficient (Wildman–Crippen LogP) is 2.95. The molecule has 2 aliphatic heterocycles. The van der Waals surface area contributed by atoms with Gasteiger partial charge < -0.3 is 10.2 Å². The highest BCUT2D eigenvalue weighted by Gasteiger charge is 2.31. The molecular formula is C19H22FN3OS. The first-order chi connectivity index (χ1) is 12.2. The summed E-state index contributed by atoms with van der Waals surface area (Å²) in [5.74, 6) is 1.33. The van der Waals surface area contributed by atoms with E-state index in [4.69, 9.17) is 0 Å². The van der Waals surface area contributed by atoms with E-state index in [1.54, 1.807) is 6.07 Å². The summed E-state index contributed by atoms with van der Waals surface area (Å²) in [4.78, 5) is 19.2. The number of likely N-dealkylation sites (tertiary alicyclic amines) is 1. The van der Waals surface area contributed by atoms with Crippen LogP contribution in [-0.2, 0) is 11.2 Å². The van der Waals surface area contributed by atoms with E-state index < -0.39 is 0 Å². The third-order valence-corrected chi connectivity index (χ3v) is 6.27. The third kappa shape index (κ3) is 3.75. The van der Waals surface area contributed by atoms with Gasteiger partial charge in [0.25, 0.3) is 0 Å². The van der Waals surface area contributed by atoms with Crippen LogP contribution in [0, 0.1) is 17.7 Å².